The molecule has 0 aliphatic heterocycles. The fraction of sp³-hybridized carbons (Fsp3) is 0.467. The second-order valence-electron chi connectivity index (χ2n) is 5.17. The molecule has 0 saturated carbocycles. The van der Waals surface area contributed by atoms with Crippen molar-refractivity contribution in [3.8, 4) is 0 Å². The number of rotatable bonds is 6. The number of nitrogens with one attached hydrogen (secondary N) is 1. The lowest BCUT2D eigenvalue weighted by atomic mass is 10.3. The highest BCUT2D eigenvalue weighted by Crippen LogP contribution is 2.17. The number of hydrogen-bond donors (Lipinski definition) is 1. The molecular weight excluding hydrogens is 300 g/mol. The molecule has 1 aliphatic rings. The molecule has 2 rings (SSSR count). The fourth-order valence-electron chi connectivity index (χ4n) is 2.28. The minimum Gasteiger partial charge on any atom is -0.261 e. The van der Waals surface area contributed by atoms with Crippen molar-refractivity contribution in [2.45, 2.75) is 38.5 Å². The average Bonchev–Trinajstić information content (AvgIpc) is 2.92. The summed E-state index contributed by atoms with van der Waals surface area (Å²) in [5.74, 6) is 0.531. The van der Waals surface area contributed by atoms with Crippen LogP contribution in [0.3, 0.4) is 0 Å². The Morgan fingerprint density at radius 3 is 2.50 bits per heavy atom. The van der Waals surface area contributed by atoms with E-state index in [2.05, 4.69) is 22.4 Å². The summed E-state index contributed by atoms with van der Waals surface area (Å²) in [4.78, 5) is 4.33. The van der Waals surface area contributed by atoms with Crippen LogP contribution in [0.4, 0.5) is 5.82 Å². The molecule has 0 amide bonds. The first-order valence-corrected chi connectivity index (χ1v) is 8.87. The second kappa shape index (κ2) is 7.02. The normalized spacial score (nSPS) is 17.1. The summed E-state index contributed by atoms with van der Waals surface area (Å²) in [6.07, 6.45) is 5.38. The fourth-order valence-corrected chi connectivity index (χ4v) is 3.69. The zero-order valence-corrected chi connectivity index (χ0v) is 14.0. The predicted molar refractivity (Wildman–Crippen MR) is 88.4 cm³/mol. The van der Waals surface area contributed by atoms with Crippen LogP contribution >= 0.6 is 0 Å². The molecular formula is C15H22N4O2S. The standard InChI is InChI=1S/C15H22N4O2S/c1-4-19(5-2)22(20,21)14-8-9-15(16-11-14)18-17-13-7-6-12(3)10-13/h8-11H,4-7H2,1-3H3,(H,16,18)/b17-13-. The van der Waals surface area contributed by atoms with Gasteiger partial charge in [-0.15, -0.1) is 0 Å². The van der Waals surface area contributed by atoms with Gasteiger partial charge in [-0.3, -0.25) is 5.43 Å². The smallest absolute Gasteiger partial charge is 0.244 e. The maximum atomic E-state index is 12.3. The molecule has 0 radical (unpaired) electrons. The highest BCUT2D eigenvalue weighted by molar-refractivity contribution is 7.89. The zero-order valence-electron chi connectivity index (χ0n) is 13.2. The van der Waals surface area contributed by atoms with Gasteiger partial charge in [0.2, 0.25) is 10.0 Å². The molecule has 7 heteroatoms. The van der Waals surface area contributed by atoms with Gasteiger partial charge >= 0.3 is 0 Å². The topological polar surface area (TPSA) is 74.7 Å². The molecule has 1 aromatic rings. The van der Waals surface area contributed by atoms with Crippen molar-refractivity contribution in [2.75, 3.05) is 18.5 Å². The summed E-state index contributed by atoms with van der Waals surface area (Å²) in [7, 11) is -3.46. The van der Waals surface area contributed by atoms with Crippen LogP contribution < -0.4 is 5.43 Å². The number of aromatic nitrogens is 1. The monoisotopic (exact) mass is 322 g/mol. The van der Waals surface area contributed by atoms with Gasteiger partial charge in [0.15, 0.2) is 0 Å². The summed E-state index contributed by atoms with van der Waals surface area (Å²) in [6, 6.07) is 3.19. The highest BCUT2D eigenvalue weighted by Gasteiger charge is 2.21. The Bertz CT molecular complexity index is 674. The Hall–Kier alpha value is -1.73. The van der Waals surface area contributed by atoms with Crippen LogP contribution in [0, 0.1) is 0 Å². The SMILES string of the molecule is CCN(CC)S(=O)(=O)c1ccc(N/N=C2\C=C(C)CC2)nc1. The molecule has 1 N–H and O–H groups in total. The third-order valence-electron chi connectivity index (χ3n) is 3.58. The third-order valence-corrected chi connectivity index (χ3v) is 5.62. The Morgan fingerprint density at radius 1 is 1.27 bits per heavy atom. The van der Waals surface area contributed by atoms with E-state index in [0.717, 1.165) is 18.6 Å². The summed E-state index contributed by atoms with van der Waals surface area (Å²) >= 11 is 0. The van der Waals surface area contributed by atoms with E-state index in [-0.39, 0.29) is 4.90 Å². The Balaban J connectivity index is 2.11. The lowest BCUT2D eigenvalue weighted by Gasteiger charge is -2.18. The first-order chi connectivity index (χ1) is 10.5. The number of hydrogen-bond acceptors (Lipinski definition) is 5. The van der Waals surface area contributed by atoms with Crippen molar-refractivity contribution in [2.24, 2.45) is 5.10 Å². The van der Waals surface area contributed by atoms with Gasteiger partial charge < -0.3 is 0 Å². The van der Waals surface area contributed by atoms with Crippen LogP contribution in [0.2, 0.25) is 0 Å². The Morgan fingerprint density at radius 2 is 2.00 bits per heavy atom. The van der Waals surface area contributed by atoms with E-state index in [0.29, 0.717) is 18.9 Å². The molecule has 1 aromatic heterocycles. The molecule has 6 nitrogen and oxygen atoms in total. The van der Waals surface area contributed by atoms with E-state index in [1.807, 2.05) is 19.9 Å². The van der Waals surface area contributed by atoms with E-state index < -0.39 is 10.0 Å². The molecule has 0 saturated heterocycles. The van der Waals surface area contributed by atoms with Gasteiger partial charge in [-0.1, -0.05) is 19.4 Å². The van der Waals surface area contributed by atoms with Crippen molar-refractivity contribution in [3.63, 3.8) is 0 Å². The van der Waals surface area contributed by atoms with E-state index in [1.165, 1.54) is 16.1 Å². The van der Waals surface area contributed by atoms with Crippen molar-refractivity contribution in [1.82, 2.24) is 9.29 Å². The van der Waals surface area contributed by atoms with Crippen molar-refractivity contribution < 1.29 is 8.42 Å². The number of pyridine rings is 1. The first-order valence-electron chi connectivity index (χ1n) is 7.43. The molecule has 120 valence electrons. The number of hydrazone groups is 1. The van der Waals surface area contributed by atoms with Crippen molar-refractivity contribution in [1.29, 1.82) is 0 Å². The number of anilines is 1. The summed E-state index contributed by atoms with van der Waals surface area (Å²) in [5, 5.41) is 4.27. The minimum absolute atomic E-state index is 0.200. The zero-order chi connectivity index (χ0) is 16.2. The molecule has 0 fully saturated rings. The largest absolute Gasteiger partial charge is 0.261 e. The van der Waals surface area contributed by atoms with Crippen LogP contribution in [0.5, 0.6) is 0 Å². The van der Waals surface area contributed by atoms with E-state index in [9.17, 15) is 8.42 Å². The van der Waals surface area contributed by atoms with Crippen molar-refractivity contribution in [3.05, 3.63) is 30.0 Å². The number of nitrogens with zero attached hydrogens (tertiary/aromatic N) is 3. The molecule has 0 unspecified atom stereocenters. The molecule has 1 aliphatic carbocycles. The van der Waals surface area contributed by atoms with E-state index in [1.54, 1.807) is 12.1 Å². The quantitative estimate of drug-likeness (QED) is 0.817. The molecule has 0 aromatic carbocycles. The minimum atomic E-state index is -3.46. The second-order valence-corrected chi connectivity index (χ2v) is 7.11. The number of allylic oxidation sites excluding steroid dienone is 2. The molecule has 0 spiro atoms. The summed E-state index contributed by atoms with van der Waals surface area (Å²) in [5.41, 5.74) is 5.17. The maximum absolute atomic E-state index is 12.3. The molecule has 22 heavy (non-hydrogen) atoms. The Labute approximate surface area is 132 Å². The van der Waals surface area contributed by atoms with Crippen molar-refractivity contribution >= 4 is 21.6 Å². The number of sulfonamides is 1. The molecule has 0 bridgehead atoms. The van der Waals surface area contributed by atoms with Crippen LogP contribution in [0.25, 0.3) is 0 Å². The summed E-state index contributed by atoms with van der Waals surface area (Å²) in [6.45, 7) is 6.60. The molecule has 1 heterocycles. The van der Waals surface area contributed by atoms with Gasteiger partial charge in [0.1, 0.15) is 10.7 Å². The van der Waals surface area contributed by atoms with Gasteiger partial charge in [0, 0.05) is 19.3 Å². The van der Waals surface area contributed by atoms with Gasteiger partial charge in [0.05, 0.1) is 5.71 Å². The van der Waals surface area contributed by atoms with Gasteiger partial charge in [-0.05, 0) is 38.0 Å². The predicted octanol–water partition coefficient (Wildman–Crippen LogP) is 2.62. The van der Waals surface area contributed by atoms with Gasteiger partial charge in [0.25, 0.3) is 0 Å². The third kappa shape index (κ3) is 3.72. The summed E-state index contributed by atoms with van der Waals surface area (Å²) < 4.78 is 26.1. The molecule has 0 atom stereocenters. The van der Waals surface area contributed by atoms with Crippen LogP contribution in [-0.4, -0.2) is 36.5 Å². The Kier molecular flexibility index (Phi) is 5.31. The van der Waals surface area contributed by atoms with Crippen LogP contribution in [-0.2, 0) is 10.0 Å². The van der Waals surface area contributed by atoms with Crippen LogP contribution in [0.15, 0.2) is 40.0 Å². The first kappa shape index (κ1) is 16.6. The average molecular weight is 322 g/mol. The maximum Gasteiger partial charge on any atom is 0.244 e. The highest BCUT2D eigenvalue weighted by atomic mass is 32.2. The van der Waals surface area contributed by atoms with E-state index >= 15 is 0 Å². The lowest BCUT2D eigenvalue weighted by Crippen LogP contribution is -2.30. The van der Waals surface area contributed by atoms with Gasteiger partial charge in [-0.2, -0.15) is 9.41 Å². The van der Waals surface area contributed by atoms with E-state index in [4.69, 9.17) is 0 Å². The van der Waals surface area contributed by atoms with Crippen LogP contribution in [0.1, 0.15) is 33.6 Å². The lowest BCUT2D eigenvalue weighted by molar-refractivity contribution is 0.445. The van der Waals surface area contributed by atoms with Gasteiger partial charge in [-0.25, -0.2) is 13.4 Å².